The van der Waals surface area contributed by atoms with Gasteiger partial charge in [-0.05, 0) is 30.5 Å². The molecule has 3 rings (SSSR count). The van der Waals surface area contributed by atoms with Crippen LogP contribution in [0.2, 0.25) is 0 Å². The van der Waals surface area contributed by atoms with Crippen molar-refractivity contribution in [3.8, 4) is 0 Å². The Morgan fingerprint density at radius 3 is 2.82 bits per heavy atom. The van der Waals surface area contributed by atoms with Crippen LogP contribution < -0.4 is 5.73 Å². The second kappa shape index (κ2) is 3.59. The number of hydrogen-bond donors (Lipinski definition) is 2. The zero-order chi connectivity index (χ0) is 12.0. The Hall–Kier alpha value is -1.32. The number of hydrogen-bond acceptors (Lipinski definition) is 2. The summed E-state index contributed by atoms with van der Waals surface area (Å²) in [5, 5.41) is 10.9. The Bertz CT molecular complexity index is 552. The van der Waals surface area contributed by atoms with Crippen molar-refractivity contribution in [1.29, 1.82) is 0 Å². The van der Waals surface area contributed by atoms with Crippen LogP contribution in [0.1, 0.15) is 18.4 Å². The Kier molecular flexibility index (Phi) is 2.28. The molecule has 0 saturated heterocycles. The normalized spacial score (nSPS) is 28.3. The molecule has 3 nitrogen and oxygen atoms in total. The molecule has 3 N–H and O–H groups in total. The largest absolute Gasteiger partial charge is 0.393 e. The van der Waals surface area contributed by atoms with Crippen LogP contribution in [0.3, 0.4) is 0 Å². The minimum absolute atomic E-state index is 0.0136. The highest BCUT2D eigenvalue weighted by atomic mass is 16.3. The fraction of sp³-hybridized carbons (Fsp3) is 0.429. The summed E-state index contributed by atoms with van der Waals surface area (Å²) in [5.74, 6) is 0. The lowest BCUT2D eigenvalue weighted by Crippen LogP contribution is -2.49. The summed E-state index contributed by atoms with van der Waals surface area (Å²) < 4.78 is 2.12. The van der Waals surface area contributed by atoms with Crippen LogP contribution in [0.25, 0.3) is 10.9 Å². The van der Waals surface area contributed by atoms with E-state index in [2.05, 4.69) is 42.1 Å². The molecule has 1 saturated carbocycles. The molecule has 1 aromatic heterocycles. The van der Waals surface area contributed by atoms with Crippen molar-refractivity contribution in [2.24, 2.45) is 12.8 Å². The highest BCUT2D eigenvalue weighted by Crippen LogP contribution is 2.45. The van der Waals surface area contributed by atoms with Crippen molar-refractivity contribution in [3.63, 3.8) is 0 Å². The fourth-order valence-electron chi connectivity index (χ4n) is 3.10. The van der Waals surface area contributed by atoms with Crippen molar-refractivity contribution in [3.05, 3.63) is 36.0 Å². The van der Waals surface area contributed by atoms with Crippen molar-refractivity contribution < 1.29 is 5.11 Å². The molecule has 2 aromatic rings. The number of nitrogens with two attached hydrogens (primary N) is 1. The first-order valence-corrected chi connectivity index (χ1v) is 6.09. The number of rotatable bonds is 2. The summed E-state index contributed by atoms with van der Waals surface area (Å²) in [7, 11) is 2.05. The van der Waals surface area contributed by atoms with E-state index in [0.29, 0.717) is 6.54 Å². The van der Waals surface area contributed by atoms with Crippen LogP contribution in [0.4, 0.5) is 0 Å². The smallest absolute Gasteiger partial charge is 0.0558 e. The summed E-state index contributed by atoms with van der Waals surface area (Å²) in [4.78, 5) is 0. The molecule has 0 amide bonds. The summed E-state index contributed by atoms with van der Waals surface area (Å²) >= 11 is 0. The minimum atomic E-state index is -0.183. The van der Waals surface area contributed by atoms with E-state index in [9.17, 15) is 5.11 Å². The van der Waals surface area contributed by atoms with Gasteiger partial charge >= 0.3 is 0 Å². The zero-order valence-electron chi connectivity index (χ0n) is 10.1. The zero-order valence-corrected chi connectivity index (χ0v) is 10.1. The van der Waals surface area contributed by atoms with Crippen LogP contribution in [0.15, 0.2) is 30.5 Å². The molecule has 0 atom stereocenters. The van der Waals surface area contributed by atoms with Crippen LogP contribution >= 0.6 is 0 Å². The number of aryl methyl sites for hydroxylation is 1. The SMILES string of the molecule is Cn1ccc2c(C3(CN)CC(O)C3)cccc21. The van der Waals surface area contributed by atoms with E-state index in [1.807, 2.05) is 0 Å². The van der Waals surface area contributed by atoms with Gasteiger partial charge in [0, 0.05) is 36.1 Å². The highest BCUT2D eigenvalue weighted by Gasteiger charge is 2.44. The van der Waals surface area contributed by atoms with Crippen molar-refractivity contribution >= 4 is 10.9 Å². The van der Waals surface area contributed by atoms with Gasteiger partial charge in [0.1, 0.15) is 0 Å². The third-order valence-electron chi connectivity index (χ3n) is 4.14. The third-order valence-corrected chi connectivity index (χ3v) is 4.14. The maximum Gasteiger partial charge on any atom is 0.0558 e. The average Bonchev–Trinajstić information content (AvgIpc) is 2.67. The maximum absolute atomic E-state index is 9.59. The first-order valence-electron chi connectivity index (χ1n) is 6.09. The molecule has 1 heterocycles. The first-order chi connectivity index (χ1) is 8.16. The number of benzene rings is 1. The van der Waals surface area contributed by atoms with Crippen LogP contribution in [-0.2, 0) is 12.5 Å². The monoisotopic (exact) mass is 230 g/mol. The standard InChI is InChI=1S/C14H18N2O/c1-16-6-5-11-12(3-2-4-13(11)16)14(9-15)7-10(17)8-14/h2-6,10,17H,7-9,15H2,1H3. The predicted octanol–water partition coefficient (Wildman–Crippen LogP) is 1.53. The molecule has 0 radical (unpaired) electrons. The quantitative estimate of drug-likeness (QED) is 0.822. The van der Waals surface area contributed by atoms with E-state index in [4.69, 9.17) is 5.73 Å². The van der Waals surface area contributed by atoms with Crippen LogP contribution in [0, 0.1) is 0 Å². The van der Waals surface area contributed by atoms with Gasteiger partial charge in [-0.1, -0.05) is 12.1 Å². The minimum Gasteiger partial charge on any atom is -0.393 e. The Balaban J connectivity index is 2.17. The topological polar surface area (TPSA) is 51.2 Å². The van der Waals surface area contributed by atoms with Gasteiger partial charge in [0.25, 0.3) is 0 Å². The lowest BCUT2D eigenvalue weighted by molar-refractivity contribution is 0.0229. The molecule has 1 aromatic carbocycles. The molecule has 90 valence electrons. The number of fused-ring (bicyclic) bond motifs is 1. The lowest BCUT2D eigenvalue weighted by Gasteiger charge is -2.45. The Morgan fingerprint density at radius 1 is 1.41 bits per heavy atom. The van der Waals surface area contributed by atoms with Gasteiger partial charge < -0.3 is 15.4 Å². The van der Waals surface area contributed by atoms with Gasteiger partial charge in [0.2, 0.25) is 0 Å². The summed E-state index contributed by atoms with van der Waals surface area (Å²) in [6.45, 7) is 0.609. The second-order valence-electron chi connectivity index (χ2n) is 5.21. The Morgan fingerprint density at radius 2 is 2.18 bits per heavy atom. The van der Waals surface area contributed by atoms with E-state index in [0.717, 1.165) is 12.8 Å². The molecule has 0 bridgehead atoms. The molecule has 0 unspecified atom stereocenters. The summed E-state index contributed by atoms with van der Waals surface area (Å²) in [6, 6.07) is 8.51. The summed E-state index contributed by atoms with van der Waals surface area (Å²) in [6.07, 6.45) is 3.47. The third kappa shape index (κ3) is 1.43. The number of aliphatic hydroxyl groups excluding tert-OH is 1. The molecule has 0 aliphatic heterocycles. The van der Waals surface area contributed by atoms with E-state index in [1.54, 1.807) is 0 Å². The van der Waals surface area contributed by atoms with Gasteiger partial charge in [0.05, 0.1) is 6.10 Å². The molecule has 17 heavy (non-hydrogen) atoms. The predicted molar refractivity (Wildman–Crippen MR) is 68.9 cm³/mol. The average molecular weight is 230 g/mol. The second-order valence-corrected chi connectivity index (χ2v) is 5.21. The molecule has 3 heteroatoms. The maximum atomic E-state index is 9.59. The number of aromatic nitrogens is 1. The van der Waals surface area contributed by atoms with Crippen LogP contribution in [0.5, 0.6) is 0 Å². The van der Waals surface area contributed by atoms with Gasteiger partial charge in [-0.3, -0.25) is 0 Å². The molecule has 1 fully saturated rings. The highest BCUT2D eigenvalue weighted by molar-refractivity contribution is 5.85. The molecule has 1 aliphatic carbocycles. The van der Waals surface area contributed by atoms with Crippen LogP contribution in [-0.4, -0.2) is 22.3 Å². The first kappa shape index (κ1) is 10.8. The molecule has 1 aliphatic rings. The van der Waals surface area contributed by atoms with Gasteiger partial charge in [0.15, 0.2) is 0 Å². The molecule has 0 spiro atoms. The Labute approximate surface area is 101 Å². The molecular weight excluding hydrogens is 212 g/mol. The lowest BCUT2D eigenvalue weighted by atomic mass is 9.62. The van der Waals surface area contributed by atoms with Crippen molar-refractivity contribution in [1.82, 2.24) is 4.57 Å². The number of aliphatic hydroxyl groups is 1. The van der Waals surface area contributed by atoms with Crippen molar-refractivity contribution in [2.75, 3.05) is 6.54 Å². The fourth-order valence-corrected chi connectivity index (χ4v) is 3.10. The van der Waals surface area contributed by atoms with Gasteiger partial charge in [-0.15, -0.1) is 0 Å². The van der Waals surface area contributed by atoms with E-state index in [1.165, 1.54) is 16.5 Å². The number of nitrogens with zero attached hydrogens (tertiary/aromatic N) is 1. The van der Waals surface area contributed by atoms with E-state index < -0.39 is 0 Å². The van der Waals surface area contributed by atoms with E-state index in [-0.39, 0.29) is 11.5 Å². The van der Waals surface area contributed by atoms with Gasteiger partial charge in [-0.2, -0.15) is 0 Å². The van der Waals surface area contributed by atoms with Gasteiger partial charge in [-0.25, -0.2) is 0 Å². The molecular formula is C14H18N2O. The summed E-state index contributed by atoms with van der Waals surface area (Å²) in [5.41, 5.74) is 8.46. The van der Waals surface area contributed by atoms with Crippen molar-refractivity contribution in [2.45, 2.75) is 24.4 Å². The van der Waals surface area contributed by atoms with E-state index >= 15 is 0 Å².